The van der Waals surface area contributed by atoms with Gasteiger partial charge in [0.1, 0.15) is 0 Å². The molecule has 0 spiro atoms. The van der Waals surface area contributed by atoms with Crippen LogP contribution in [0, 0.1) is 0 Å². The fraction of sp³-hybridized carbons (Fsp3) is 0.649. The molecule has 2 heterocycles. The average Bonchev–Trinajstić information content (AvgIpc) is 1.23. The second kappa shape index (κ2) is 22.7. The predicted molar refractivity (Wildman–Crippen MR) is 424 cm³/mol. The lowest BCUT2D eigenvalue weighted by molar-refractivity contribution is 0.551. The van der Waals surface area contributed by atoms with Crippen LogP contribution in [0.2, 0.25) is 60.5 Å². The highest BCUT2D eigenvalue weighted by molar-refractivity contribution is 8.77. The summed E-state index contributed by atoms with van der Waals surface area (Å²) in [7, 11) is -11.6. The third-order valence-electron chi connectivity index (χ3n) is 22.5. The summed E-state index contributed by atoms with van der Waals surface area (Å²) in [5, 5.41) is 7.24. The van der Waals surface area contributed by atoms with Gasteiger partial charge in [-0.1, -0.05) is 391 Å². The summed E-state index contributed by atoms with van der Waals surface area (Å²) in [5.41, 5.74) is 0. The first-order valence-corrected chi connectivity index (χ1v) is 61.2. The second-order valence-electron chi connectivity index (χ2n) is 39.2. The Hall–Kier alpha value is -0.245. The maximum Gasteiger partial charge on any atom is 0.154 e. The summed E-state index contributed by atoms with van der Waals surface area (Å²) < 4.78 is 3.57. The van der Waals surface area contributed by atoms with Gasteiger partial charge in [0.05, 0.1) is 30.4 Å². The Morgan fingerprint density at radius 2 is 0.291 bits per heavy atom. The van der Waals surface area contributed by atoms with Crippen LogP contribution in [0.15, 0.2) is 130 Å². The van der Waals surface area contributed by atoms with Crippen LogP contribution in [0.4, 0.5) is 0 Å². The Bertz CT molecular complexity index is 2500. The molecule has 4 aromatic carbocycles. The molecule has 12 heteroatoms. The molecule has 2 fully saturated rings. The molecule has 480 valence electrons. The van der Waals surface area contributed by atoms with Crippen LogP contribution in [-0.4, -0.2) is 55.4 Å². The topological polar surface area (TPSA) is 0 Å². The van der Waals surface area contributed by atoms with Crippen molar-refractivity contribution in [3.63, 3.8) is 0 Å². The van der Waals surface area contributed by atoms with Crippen molar-refractivity contribution in [1.82, 2.24) is 0 Å². The van der Waals surface area contributed by atoms with Gasteiger partial charge in [-0.05, 0) is 60.5 Å². The van der Waals surface area contributed by atoms with Crippen LogP contribution < -0.4 is 20.7 Å². The van der Waals surface area contributed by atoms with Crippen LogP contribution in [0.1, 0.15) is 249 Å². The molecule has 6 rings (SSSR count). The molecule has 2 saturated heterocycles. The fourth-order valence-electron chi connectivity index (χ4n) is 26.9. The van der Waals surface area contributed by atoms with Crippen molar-refractivity contribution in [1.29, 1.82) is 0 Å². The van der Waals surface area contributed by atoms with Crippen molar-refractivity contribution in [3.05, 3.63) is 130 Å². The maximum absolute atomic E-state index is 3.19. The van der Waals surface area contributed by atoms with E-state index in [9.17, 15) is 0 Å². The van der Waals surface area contributed by atoms with E-state index in [0.717, 1.165) is 0 Å². The number of hydrogen-bond acceptors (Lipinski definition) is 4. The zero-order chi connectivity index (χ0) is 66.4. The van der Waals surface area contributed by atoms with Gasteiger partial charge < -0.3 is 0 Å². The summed E-state index contributed by atoms with van der Waals surface area (Å²) in [6.45, 7) is 101. The zero-order valence-corrected chi connectivity index (χ0v) is 73.4. The smallest absolute Gasteiger partial charge is 0.143 e. The molecule has 0 aromatic heterocycles. The lowest BCUT2D eigenvalue weighted by Gasteiger charge is -2.75. The third kappa shape index (κ3) is 9.81. The van der Waals surface area contributed by atoms with Crippen molar-refractivity contribution in [2.45, 2.75) is 310 Å². The normalized spacial score (nSPS) is 23.8. The molecular weight excluding hydrogens is 1240 g/mol. The van der Waals surface area contributed by atoms with Crippen molar-refractivity contribution in [3.8, 4) is 0 Å². The van der Waals surface area contributed by atoms with Gasteiger partial charge in [-0.2, -0.15) is 0 Å². The first-order valence-electron chi connectivity index (χ1n) is 33.0. The van der Waals surface area contributed by atoms with Gasteiger partial charge in [0, 0.05) is 8.47 Å². The highest BCUT2D eigenvalue weighted by Gasteiger charge is 2.92. The van der Waals surface area contributed by atoms with Gasteiger partial charge in [-0.3, -0.25) is 0 Å². The Balaban J connectivity index is 2.30. The molecule has 2 aliphatic rings. The molecule has 4 atom stereocenters. The van der Waals surface area contributed by atoms with E-state index >= 15 is 0 Å². The van der Waals surface area contributed by atoms with Crippen molar-refractivity contribution in [2.75, 3.05) is 0 Å². The molecule has 0 radical (unpaired) electrons. The SMILES string of the molecule is CC(C)(C)[Si](C(C)(C)C)(C(C)(C)C)[Si]1(c2ccccc2)SC(=C2S[Si](c3ccccc3)([Si](C(C)(C)C)(C(C)(C)C)C(C)(C)C)[Si](c3ccccc3)([Si](C(C)(C)C)(C(C)(C)C)C(C)(C)C)S2)S[Si]1(c1ccccc1)[Si](C(C)(C)C)(C(C)(C)C)C(C)(C)C. The molecule has 0 N–H and O–H groups in total. The Morgan fingerprint density at radius 1 is 0.186 bits per heavy atom. The number of hydrogen-bond donors (Lipinski definition) is 0. The summed E-state index contributed by atoms with van der Waals surface area (Å²) in [4.78, 5) is 0. The van der Waals surface area contributed by atoms with E-state index in [1.54, 1.807) is 29.2 Å². The van der Waals surface area contributed by atoms with E-state index in [2.05, 4.69) is 415 Å². The van der Waals surface area contributed by atoms with Gasteiger partial charge in [-0.15, -0.1) is 44.8 Å². The fourth-order valence-corrected chi connectivity index (χ4v) is 330. The minimum Gasteiger partial charge on any atom is -0.143 e. The molecule has 4 unspecified atom stereocenters. The van der Waals surface area contributed by atoms with E-state index in [1.165, 1.54) is 0 Å². The van der Waals surface area contributed by atoms with E-state index in [-0.39, 0.29) is 60.5 Å². The van der Waals surface area contributed by atoms with Crippen LogP contribution >= 0.6 is 44.8 Å². The summed E-state index contributed by atoms with van der Waals surface area (Å²) in [6, 6.07) is 51.8. The van der Waals surface area contributed by atoms with Gasteiger partial charge in [-0.25, -0.2) is 0 Å². The van der Waals surface area contributed by atoms with Gasteiger partial charge in [0.2, 0.25) is 0 Å². The lowest BCUT2D eigenvalue weighted by Crippen LogP contribution is -2.97. The third-order valence-corrected chi connectivity index (χ3v) is 198. The molecule has 2 aliphatic heterocycles. The van der Waals surface area contributed by atoms with Gasteiger partial charge >= 0.3 is 0 Å². The number of benzene rings is 4. The van der Waals surface area contributed by atoms with E-state index < -0.39 is 55.4 Å². The highest BCUT2D eigenvalue weighted by Crippen LogP contribution is 2.84. The van der Waals surface area contributed by atoms with E-state index in [0.29, 0.717) is 0 Å². The maximum atomic E-state index is 2.80. The van der Waals surface area contributed by atoms with Crippen LogP contribution in [0.5, 0.6) is 0 Å². The van der Waals surface area contributed by atoms with Crippen molar-refractivity contribution >= 4 is 121 Å². The highest BCUT2D eigenvalue weighted by atomic mass is 32.5. The average molecular weight is 1370 g/mol. The second-order valence-corrected chi connectivity index (χ2v) is 125. The van der Waals surface area contributed by atoms with Gasteiger partial charge in [0.15, 0.2) is 25.0 Å². The predicted octanol–water partition coefficient (Wildman–Crippen LogP) is 24.4. The van der Waals surface area contributed by atoms with Crippen LogP contribution in [-0.2, 0) is 0 Å². The van der Waals surface area contributed by atoms with Gasteiger partial charge in [0.25, 0.3) is 0 Å². The Morgan fingerprint density at radius 3 is 0.384 bits per heavy atom. The van der Waals surface area contributed by atoms with Crippen molar-refractivity contribution < 1.29 is 0 Å². The summed E-state index contributed by atoms with van der Waals surface area (Å²) in [6.07, 6.45) is -12.7. The largest absolute Gasteiger partial charge is 0.154 e. The van der Waals surface area contributed by atoms with Crippen LogP contribution in [0.3, 0.4) is 0 Å². The molecule has 0 bridgehead atoms. The summed E-state index contributed by atoms with van der Waals surface area (Å²) in [5.74, 6) is 0. The minimum atomic E-state index is -3.19. The molecule has 0 amide bonds. The molecule has 0 aliphatic carbocycles. The zero-order valence-electron chi connectivity index (χ0n) is 62.2. The molecule has 4 aromatic rings. The molecule has 0 nitrogen and oxygen atoms in total. The van der Waals surface area contributed by atoms with E-state index in [4.69, 9.17) is 0 Å². The summed E-state index contributed by atoms with van der Waals surface area (Å²) >= 11 is 10.8. The Labute approximate surface area is 555 Å². The Kier molecular flexibility index (Phi) is 19.8. The molecular formula is C74H128S4Si8. The van der Waals surface area contributed by atoms with Crippen molar-refractivity contribution in [2.24, 2.45) is 0 Å². The van der Waals surface area contributed by atoms with Crippen LogP contribution in [0.25, 0.3) is 0 Å². The molecule has 0 saturated carbocycles. The molecule has 86 heavy (non-hydrogen) atoms. The quantitative estimate of drug-likeness (QED) is 0.161. The number of rotatable bonds is 8. The lowest BCUT2D eigenvalue weighted by atomic mass is 10.2. The first kappa shape index (κ1) is 74.8. The first-order chi connectivity index (χ1) is 38.3. The standard InChI is InChI=1S/C74H128S4Si8/c1-63(2,3)83(64(4,5)6,65(7,8)9)79(57-49-41-37-42-50-57)75-61(76-80(79,58-51-43-38-44-52-58)84(66(10,11)12,67(13,14)15)68(16,17)18)62-77-81(59-53-45-39-46-54-59,85(69(19,20)21,70(22,23)24)71(25,26)27)82(78-62,60-55-47-40-48-56-60)86(72(28,29)30,73(31,32)33)74(34,35)36/h37-56H,1-36H3. The van der Waals surface area contributed by atoms with E-state index in [1.807, 2.05) is 0 Å². The monoisotopic (exact) mass is 1370 g/mol. The minimum absolute atomic E-state index is 0.0145.